The van der Waals surface area contributed by atoms with Crippen molar-refractivity contribution in [3.8, 4) is 0 Å². The average Bonchev–Trinajstić information content (AvgIpc) is 3.05. The van der Waals surface area contributed by atoms with E-state index in [2.05, 4.69) is 92.2 Å². The molecular formula is C26H30N2S. The molecule has 1 heterocycles. The van der Waals surface area contributed by atoms with Crippen molar-refractivity contribution in [1.82, 2.24) is 5.32 Å². The van der Waals surface area contributed by atoms with E-state index in [0.29, 0.717) is 5.92 Å². The molecule has 1 atom stereocenters. The van der Waals surface area contributed by atoms with Gasteiger partial charge in [-0.05, 0) is 73.1 Å². The van der Waals surface area contributed by atoms with Crippen LogP contribution in [0.2, 0.25) is 0 Å². The Labute approximate surface area is 179 Å². The molecule has 2 nitrogen and oxygen atoms in total. The highest BCUT2D eigenvalue weighted by Crippen LogP contribution is 2.48. The number of benzene rings is 2. The van der Waals surface area contributed by atoms with E-state index in [1.807, 2.05) is 11.8 Å². The smallest absolute Gasteiger partial charge is 0.0448 e. The molecule has 0 fully saturated rings. The first kappa shape index (κ1) is 19.9. The summed E-state index contributed by atoms with van der Waals surface area (Å²) in [6.45, 7) is 12.8. The molecule has 2 aromatic rings. The molecule has 1 N–H and O–H groups in total. The number of thioether (sulfide) groups is 1. The molecule has 0 saturated carbocycles. The van der Waals surface area contributed by atoms with Gasteiger partial charge in [-0.2, -0.15) is 0 Å². The predicted octanol–water partition coefficient (Wildman–Crippen LogP) is 6.72. The third-order valence-corrected chi connectivity index (χ3v) is 6.73. The fourth-order valence-corrected chi connectivity index (χ4v) is 4.99. The molecule has 1 aliphatic heterocycles. The number of fused-ring (bicyclic) bond motifs is 3. The lowest BCUT2D eigenvalue weighted by atomic mass is 9.87. The van der Waals surface area contributed by atoms with E-state index < -0.39 is 0 Å². The third kappa shape index (κ3) is 4.02. The summed E-state index contributed by atoms with van der Waals surface area (Å²) in [6, 6.07) is 15.6. The van der Waals surface area contributed by atoms with Crippen molar-refractivity contribution in [1.29, 1.82) is 0 Å². The molecule has 0 spiro atoms. The number of hydrogen-bond acceptors (Lipinski definition) is 3. The monoisotopic (exact) mass is 402 g/mol. The van der Waals surface area contributed by atoms with Crippen LogP contribution in [-0.2, 0) is 6.54 Å². The zero-order valence-corrected chi connectivity index (χ0v) is 18.5. The van der Waals surface area contributed by atoms with Gasteiger partial charge in [0.25, 0.3) is 0 Å². The number of nitrogens with one attached hydrogen (secondary N) is 1. The molecule has 0 amide bonds. The number of nitrogens with zero attached hydrogens (tertiary/aromatic N) is 1. The van der Waals surface area contributed by atoms with E-state index >= 15 is 0 Å². The summed E-state index contributed by atoms with van der Waals surface area (Å²) in [4.78, 5) is 3.79. The quantitative estimate of drug-likeness (QED) is 0.518. The molecule has 150 valence electrons. The molecule has 2 aliphatic rings. The van der Waals surface area contributed by atoms with Gasteiger partial charge in [0.2, 0.25) is 0 Å². The highest BCUT2D eigenvalue weighted by atomic mass is 32.2. The van der Waals surface area contributed by atoms with Crippen molar-refractivity contribution in [2.75, 3.05) is 17.2 Å². The normalized spacial score (nSPS) is 17.3. The van der Waals surface area contributed by atoms with Gasteiger partial charge in [-0.25, -0.2) is 0 Å². The van der Waals surface area contributed by atoms with Crippen LogP contribution in [0.15, 0.2) is 77.4 Å². The summed E-state index contributed by atoms with van der Waals surface area (Å²) in [5.41, 5.74) is 9.14. The lowest BCUT2D eigenvalue weighted by Gasteiger charge is -2.23. The average molecular weight is 403 g/mol. The molecule has 0 bridgehead atoms. The molecule has 0 saturated heterocycles. The number of allylic oxidation sites excluding steroid dienone is 4. The van der Waals surface area contributed by atoms with Crippen LogP contribution in [0, 0.1) is 0 Å². The summed E-state index contributed by atoms with van der Waals surface area (Å²) >= 11 is 1.88. The molecule has 1 aliphatic carbocycles. The van der Waals surface area contributed by atoms with Crippen molar-refractivity contribution in [2.24, 2.45) is 0 Å². The zero-order valence-electron chi connectivity index (χ0n) is 17.7. The van der Waals surface area contributed by atoms with Crippen molar-refractivity contribution in [3.63, 3.8) is 0 Å². The molecule has 3 heteroatoms. The van der Waals surface area contributed by atoms with Gasteiger partial charge in [-0.3, -0.25) is 0 Å². The summed E-state index contributed by atoms with van der Waals surface area (Å²) < 4.78 is 0. The van der Waals surface area contributed by atoms with Gasteiger partial charge in [0.15, 0.2) is 0 Å². The van der Waals surface area contributed by atoms with Crippen molar-refractivity contribution < 1.29 is 0 Å². The van der Waals surface area contributed by atoms with E-state index in [1.165, 1.54) is 38.5 Å². The first-order chi connectivity index (χ1) is 14.1. The van der Waals surface area contributed by atoms with E-state index in [4.69, 9.17) is 0 Å². The Hall–Kier alpha value is -2.39. The topological polar surface area (TPSA) is 15.3 Å². The van der Waals surface area contributed by atoms with Crippen LogP contribution in [-0.4, -0.2) is 12.3 Å². The maximum atomic E-state index is 4.32. The first-order valence-corrected chi connectivity index (χ1v) is 11.5. The minimum Gasteiger partial charge on any atom is -0.381 e. The largest absolute Gasteiger partial charge is 0.381 e. The van der Waals surface area contributed by atoms with Gasteiger partial charge < -0.3 is 10.2 Å². The highest BCUT2D eigenvalue weighted by Gasteiger charge is 2.34. The lowest BCUT2D eigenvalue weighted by molar-refractivity contribution is 0.765. The molecule has 2 aromatic carbocycles. The summed E-state index contributed by atoms with van der Waals surface area (Å²) in [5.74, 6) is 1.58. The molecular weight excluding hydrogens is 372 g/mol. The van der Waals surface area contributed by atoms with Crippen LogP contribution in [0.3, 0.4) is 0 Å². The minimum absolute atomic E-state index is 0.478. The maximum absolute atomic E-state index is 4.32. The summed E-state index contributed by atoms with van der Waals surface area (Å²) in [5, 5.41) is 3.52. The van der Waals surface area contributed by atoms with Crippen molar-refractivity contribution >= 4 is 23.1 Å². The van der Waals surface area contributed by atoms with Gasteiger partial charge in [0.1, 0.15) is 0 Å². The second kappa shape index (κ2) is 8.54. The fraction of sp³-hybridized carbons (Fsp3) is 0.308. The molecule has 0 aromatic heterocycles. The Morgan fingerprint density at radius 1 is 1.14 bits per heavy atom. The fourth-order valence-electron chi connectivity index (χ4n) is 4.33. The summed E-state index contributed by atoms with van der Waals surface area (Å²) in [6.07, 6.45) is 5.69. The van der Waals surface area contributed by atoms with Gasteiger partial charge in [-0.15, -0.1) is 11.8 Å². The van der Waals surface area contributed by atoms with Crippen molar-refractivity contribution in [3.05, 3.63) is 89.2 Å². The highest BCUT2D eigenvalue weighted by molar-refractivity contribution is 7.99. The Bertz CT molecular complexity index is 969. The molecule has 29 heavy (non-hydrogen) atoms. The molecule has 4 rings (SSSR count). The zero-order chi connectivity index (χ0) is 20.4. The van der Waals surface area contributed by atoms with Gasteiger partial charge in [0, 0.05) is 41.0 Å². The van der Waals surface area contributed by atoms with Crippen LogP contribution in [0.1, 0.15) is 49.8 Å². The van der Waals surface area contributed by atoms with E-state index in [1.54, 1.807) is 0 Å². The summed E-state index contributed by atoms with van der Waals surface area (Å²) in [7, 11) is 0. The number of likely N-dealkylation sites (N-methyl/N-ethyl adjacent to an activating group) is 1. The minimum atomic E-state index is 0.478. The van der Waals surface area contributed by atoms with Crippen LogP contribution in [0.4, 0.5) is 5.69 Å². The van der Waals surface area contributed by atoms with Gasteiger partial charge in [0.05, 0.1) is 0 Å². The first-order valence-electron chi connectivity index (χ1n) is 10.5. The number of rotatable bonds is 7. The van der Waals surface area contributed by atoms with Crippen LogP contribution < -0.4 is 10.2 Å². The standard InChI is InChI=1S/C26H30N2S/c1-5-28-25-13-7-18(3)15-23(25)24-16-21(10-14-26(24)28)19(4)27-17-20-8-11-22(12-9-20)29-6-2/h7-14,16,23,27H,4-6,15,17H2,1-3H3. The van der Waals surface area contributed by atoms with Crippen LogP contribution in [0.25, 0.3) is 5.70 Å². The van der Waals surface area contributed by atoms with Crippen molar-refractivity contribution in [2.45, 2.75) is 44.6 Å². The predicted molar refractivity (Wildman–Crippen MR) is 127 cm³/mol. The Balaban J connectivity index is 1.49. The number of anilines is 1. The van der Waals surface area contributed by atoms with E-state index in [-0.39, 0.29) is 0 Å². The Morgan fingerprint density at radius 2 is 1.93 bits per heavy atom. The Kier molecular flexibility index (Phi) is 5.86. The van der Waals surface area contributed by atoms with E-state index in [0.717, 1.165) is 31.0 Å². The molecule has 1 unspecified atom stereocenters. The second-order valence-electron chi connectivity index (χ2n) is 7.79. The second-order valence-corrected chi connectivity index (χ2v) is 9.13. The van der Waals surface area contributed by atoms with Crippen LogP contribution >= 0.6 is 11.8 Å². The Morgan fingerprint density at radius 3 is 2.66 bits per heavy atom. The lowest BCUT2D eigenvalue weighted by Crippen LogP contribution is -2.20. The van der Waals surface area contributed by atoms with Crippen LogP contribution in [0.5, 0.6) is 0 Å². The van der Waals surface area contributed by atoms with E-state index in [9.17, 15) is 0 Å². The molecule has 0 radical (unpaired) electrons. The number of hydrogen-bond donors (Lipinski definition) is 1. The van der Waals surface area contributed by atoms with Gasteiger partial charge in [-0.1, -0.05) is 43.4 Å². The SMILES string of the molecule is C=C(NCc1ccc(SCC)cc1)c1ccc2c(c1)C1CC(C)=CC=C1N2CC. The maximum Gasteiger partial charge on any atom is 0.0448 e. The van der Waals surface area contributed by atoms with Gasteiger partial charge >= 0.3 is 0 Å². The third-order valence-electron chi connectivity index (χ3n) is 5.83.